The lowest BCUT2D eigenvalue weighted by molar-refractivity contribution is 0.252. The van der Waals surface area contributed by atoms with E-state index in [0.29, 0.717) is 23.6 Å². The number of urea groups is 1. The number of fused-ring (bicyclic) bond motifs is 1. The molecule has 0 aliphatic rings. The van der Waals surface area contributed by atoms with Crippen molar-refractivity contribution in [1.29, 1.82) is 0 Å². The van der Waals surface area contributed by atoms with E-state index in [0.717, 1.165) is 35.4 Å². The molecule has 30 heavy (non-hydrogen) atoms. The number of hydrogen-bond donors (Lipinski definition) is 2. The molecular weight excluding hydrogens is 394 g/mol. The quantitative estimate of drug-likeness (QED) is 0.293. The SMILES string of the molecule is CC(C)c1cccc(C(C)C)c1NC(=O)NCCCCSc1nc2ccccc2o1. The number of aromatic nitrogens is 1. The van der Waals surface area contributed by atoms with Gasteiger partial charge in [-0.2, -0.15) is 0 Å². The molecule has 1 aromatic heterocycles. The van der Waals surface area contributed by atoms with Gasteiger partial charge >= 0.3 is 6.03 Å². The van der Waals surface area contributed by atoms with Gasteiger partial charge in [-0.1, -0.05) is 69.8 Å². The van der Waals surface area contributed by atoms with Crippen molar-refractivity contribution in [1.82, 2.24) is 10.3 Å². The Morgan fingerprint density at radius 3 is 2.37 bits per heavy atom. The van der Waals surface area contributed by atoms with Crippen LogP contribution in [-0.2, 0) is 0 Å². The first kappa shape index (κ1) is 22.2. The fourth-order valence-electron chi connectivity index (χ4n) is 3.35. The van der Waals surface area contributed by atoms with Gasteiger partial charge in [0.1, 0.15) is 5.52 Å². The van der Waals surface area contributed by atoms with Crippen molar-refractivity contribution >= 4 is 34.6 Å². The van der Waals surface area contributed by atoms with E-state index in [1.807, 2.05) is 24.3 Å². The highest BCUT2D eigenvalue weighted by Gasteiger charge is 2.15. The fraction of sp³-hybridized carbons (Fsp3) is 0.417. The molecule has 0 spiro atoms. The molecule has 6 heteroatoms. The van der Waals surface area contributed by atoms with Gasteiger partial charge in [-0.05, 0) is 47.9 Å². The average Bonchev–Trinajstić information content (AvgIpc) is 3.13. The number of unbranched alkanes of at least 4 members (excludes halogenated alkanes) is 1. The molecule has 5 nitrogen and oxygen atoms in total. The number of rotatable bonds is 9. The van der Waals surface area contributed by atoms with E-state index in [1.165, 1.54) is 11.1 Å². The monoisotopic (exact) mass is 425 g/mol. The third-order valence-corrected chi connectivity index (χ3v) is 5.88. The minimum absolute atomic E-state index is 0.142. The van der Waals surface area contributed by atoms with E-state index < -0.39 is 0 Å². The zero-order chi connectivity index (χ0) is 21.5. The Balaban J connectivity index is 1.43. The molecule has 0 aliphatic heterocycles. The summed E-state index contributed by atoms with van der Waals surface area (Å²) < 4.78 is 5.71. The third kappa shape index (κ3) is 5.79. The molecule has 0 aliphatic carbocycles. The number of amides is 2. The number of thioether (sulfide) groups is 1. The number of carbonyl (C=O) groups excluding carboxylic acids is 1. The molecule has 2 aromatic carbocycles. The molecule has 0 unspecified atom stereocenters. The summed E-state index contributed by atoms with van der Waals surface area (Å²) in [4.78, 5) is 16.9. The Labute approximate surface area is 183 Å². The maximum atomic E-state index is 12.5. The van der Waals surface area contributed by atoms with E-state index >= 15 is 0 Å². The van der Waals surface area contributed by atoms with E-state index in [1.54, 1.807) is 11.8 Å². The zero-order valence-corrected chi connectivity index (χ0v) is 19.0. The van der Waals surface area contributed by atoms with Crippen molar-refractivity contribution in [3.63, 3.8) is 0 Å². The van der Waals surface area contributed by atoms with Gasteiger partial charge in [0, 0.05) is 18.0 Å². The Hall–Kier alpha value is -2.47. The third-order valence-electron chi connectivity index (χ3n) is 4.97. The van der Waals surface area contributed by atoms with Crippen LogP contribution in [0.3, 0.4) is 0 Å². The number of anilines is 1. The molecule has 0 bridgehead atoms. The highest BCUT2D eigenvalue weighted by Crippen LogP contribution is 2.32. The highest BCUT2D eigenvalue weighted by molar-refractivity contribution is 7.99. The van der Waals surface area contributed by atoms with Gasteiger partial charge < -0.3 is 15.1 Å². The van der Waals surface area contributed by atoms with Crippen LogP contribution in [0.4, 0.5) is 10.5 Å². The van der Waals surface area contributed by atoms with Crippen LogP contribution in [-0.4, -0.2) is 23.3 Å². The fourth-order valence-corrected chi connectivity index (χ4v) is 4.19. The smallest absolute Gasteiger partial charge is 0.319 e. The van der Waals surface area contributed by atoms with Crippen molar-refractivity contribution in [3.8, 4) is 0 Å². The summed E-state index contributed by atoms with van der Waals surface area (Å²) in [5.41, 5.74) is 5.00. The Kier molecular flexibility index (Phi) is 7.80. The van der Waals surface area contributed by atoms with E-state index in [-0.39, 0.29) is 6.03 Å². The second kappa shape index (κ2) is 10.5. The summed E-state index contributed by atoms with van der Waals surface area (Å²) in [5, 5.41) is 6.78. The standard InChI is InChI=1S/C24H31N3O2S/c1-16(2)18-10-9-11-19(17(3)4)22(18)27-23(28)25-14-7-8-15-30-24-26-20-12-5-6-13-21(20)29-24/h5-6,9-13,16-17H,7-8,14-15H2,1-4H3,(H2,25,27,28). The molecular formula is C24H31N3O2S. The number of carbonyl (C=O) groups is 1. The predicted octanol–water partition coefficient (Wildman–Crippen LogP) is 6.77. The Morgan fingerprint density at radius 2 is 1.70 bits per heavy atom. The summed E-state index contributed by atoms with van der Waals surface area (Å²) in [7, 11) is 0. The van der Waals surface area contributed by atoms with Crippen LogP contribution >= 0.6 is 11.8 Å². The van der Waals surface area contributed by atoms with Crippen molar-refractivity contribution < 1.29 is 9.21 Å². The number of oxazole rings is 1. The minimum atomic E-state index is -0.142. The van der Waals surface area contributed by atoms with Gasteiger partial charge in [0.05, 0.1) is 0 Å². The highest BCUT2D eigenvalue weighted by atomic mass is 32.2. The van der Waals surface area contributed by atoms with Crippen molar-refractivity contribution in [2.24, 2.45) is 0 Å². The second-order valence-corrected chi connectivity index (χ2v) is 9.05. The van der Waals surface area contributed by atoms with Crippen LogP contribution in [0.25, 0.3) is 11.1 Å². The second-order valence-electron chi connectivity index (χ2n) is 8.00. The summed E-state index contributed by atoms with van der Waals surface area (Å²) >= 11 is 1.61. The Morgan fingerprint density at radius 1 is 1.00 bits per heavy atom. The largest absolute Gasteiger partial charge is 0.431 e. The molecule has 0 atom stereocenters. The normalized spacial score (nSPS) is 11.4. The Bertz CT molecular complexity index is 922. The van der Waals surface area contributed by atoms with Gasteiger partial charge in [0.15, 0.2) is 5.58 Å². The molecule has 160 valence electrons. The average molecular weight is 426 g/mol. The molecule has 0 saturated heterocycles. The van der Waals surface area contributed by atoms with E-state index in [9.17, 15) is 4.79 Å². The molecule has 0 saturated carbocycles. The zero-order valence-electron chi connectivity index (χ0n) is 18.2. The van der Waals surface area contributed by atoms with E-state index in [2.05, 4.69) is 61.5 Å². The summed E-state index contributed by atoms with van der Waals surface area (Å²) in [5.74, 6) is 1.61. The first-order chi connectivity index (χ1) is 14.5. The van der Waals surface area contributed by atoms with E-state index in [4.69, 9.17) is 4.42 Å². The molecule has 3 rings (SSSR count). The molecule has 2 N–H and O–H groups in total. The number of para-hydroxylation sites is 3. The molecule has 0 radical (unpaired) electrons. The van der Waals surface area contributed by atoms with Crippen LogP contribution in [0.15, 0.2) is 52.1 Å². The minimum Gasteiger partial charge on any atom is -0.431 e. The number of hydrogen-bond acceptors (Lipinski definition) is 4. The summed E-state index contributed by atoms with van der Waals surface area (Å²) in [6.45, 7) is 9.24. The topological polar surface area (TPSA) is 67.2 Å². The number of nitrogens with one attached hydrogen (secondary N) is 2. The van der Waals surface area contributed by atoms with Gasteiger partial charge in [-0.15, -0.1) is 0 Å². The predicted molar refractivity (Wildman–Crippen MR) is 126 cm³/mol. The molecule has 2 amide bonds. The maximum Gasteiger partial charge on any atom is 0.319 e. The van der Waals surface area contributed by atoms with Crippen LogP contribution in [0.1, 0.15) is 63.5 Å². The first-order valence-electron chi connectivity index (χ1n) is 10.6. The molecule has 0 fully saturated rings. The van der Waals surface area contributed by atoms with Crippen molar-refractivity contribution in [2.45, 2.75) is 57.6 Å². The van der Waals surface area contributed by atoms with Crippen molar-refractivity contribution in [3.05, 3.63) is 53.6 Å². The molecule has 1 heterocycles. The lowest BCUT2D eigenvalue weighted by atomic mass is 9.93. The maximum absolute atomic E-state index is 12.5. The van der Waals surface area contributed by atoms with Crippen LogP contribution in [0.5, 0.6) is 0 Å². The van der Waals surface area contributed by atoms with Gasteiger partial charge in [-0.3, -0.25) is 0 Å². The number of nitrogens with zero attached hydrogens (tertiary/aromatic N) is 1. The van der Waals surface area contributed by atoms with Crippen molar-refractivity contribution in [2.75, 3.05) is 17.6 Å². The summed E-state index contributed by atoms with van der Waals surface area (Å²) in [6.07, 6.45) is 1.88. The molecule has 3 aromatic rings. The lowest BCUT2D eigenvalue weighted by Crippen LogP contribution is -2.30. The first-order valence-corrected chi connectivity index (χ1v) is 11.6. The van der Waals surface area contributed by atoms with Gasteiger partial charge in [0.2, 0.25) is 0 Å². The lowest BCUT2D eigenvalue weighted by Gasteiger charge is -2.20. The van der Waals surface area contributed by atoms with Crippen LogP contribution in [0, 0.1) is 0 Å². The summed E-state index contributed by atoms with van der Waals surface area (Å²) in [6, 6.07) is 13.9. The van der Waals surface area contributed by atoms with Crippen LogP contribution in [0.2, 0.25) is 0 Å². The number of benzene rings is 2. The van der Waals surface area contributed by atoms with Crippen LogP contribution < -0.4 is 10.6 Å². The van der Waals surface area contributed by atoms with Gasteiger partial charge in [0.25, 0.3) is 5.22 Å². The van der Waals surface area contributed by atoms with Gasteiger partial charge in [-0.25, -0.2) is 9.78 Å².